The minimum atomic E-state index is -0.257. The smallest absolute Gasteiger partial charge is 0.125 e. The normalized spacial score (nSPS) is 17.2. The Labute approximate surface area is 187 Å². The van der Waals surface area contributed by atoms with E-state index in [2.05, 4.69) is 93.3 Å². The molecule has 1 fully saturated rings. The summed E-state index contributed by atoms with van der Waals surface area (Å²) >= 11 is 0. The molecule has 0 N–H and O–H groups in total. The number of carbonyl (C=O) groups is 1. The van der Waals surface area contributed by atoms with Crippen LogP contribution in [0.1, 0.15) is 69.2 Å². The Bertz CT molecular complexity index is 963. The molecule has 0 aromatic heterocycles. The van der Waals surface area contributed by atoms with Crippen LogP contribution >= 0.6 is 0 Å². The van der Waals surface area contributed by atoms with Gasteiger partial charge in [-0.05, 0) is 52.5 Å². The molecule has 1 aliphatic heterocycles. The predicted molar refractivity (Wildman–Crippen MR) is 132 cm³/mol. The number of carbonyl (C=O) groups excluding carboxylic acids is 1. The lowest BCUT2D eigenvalue weighted by atomic mass is 9.75. The number of fused-ring (bicyclic) bond motifs is 2. The molecule has 0 spiro atoms. The molecular formula is C29H35NO. The largest absolute Gasteiger partial charge is 0.303 e. The Morgan fingerprint density at radius 2 is 1.35 bits per heavy atom. The van der Waals surface area contributed by atoms with E-state index in [9.17, 15) is 4.79 Å². The van der Waals surface area contributed by atoms with Crippen molar-refractivity contribution in [3.05, 3.63) is 76.4 Å². The van der Waals surface area contributed by atoms with Gasteiger partial charge in [0, 0.05) is 25.0 Å². The molecule has 162 valence electrons. The molecule has 0 bridgehead atoms. The van der Waals surface area contributed by atoms with Gasteiger partial charge in [0.1, 0.15) is 6.29 Å². The second-order valence-electron chi connectivity index (χ2n) is 10.7. The zero-order valence-corrected chi connectivity index (χ0v) is 19.4. The average molecular weight is 414 g/mol. The number of benzene rings is 2. The lowest BCUT2D eigenvalue weighted by Gasteiger charge is -2.39. The topological polar surface area (TPSA) is 20.3 Å². The Kier molecular flexibility index (Phi) is 6.03. The summed E-state index contributed by atoms with van der Waals surface area (Å²) in [5.41, 5.74) is 8.22. The maximum Gasteiger partial charge on any atom is 0.125 e. The Morgan fingerprint density at radius 1 is 0.839 bits per heavy atom. The van der Waals surface area contributed by atoms with Crippen LogP contribution in [0.15, 0.2) is 54.1 Å². The highest BCUT2D eigenvalue weighted by molar-refractivity contribution is 5.94. The van der Waals surface area contributed by atoms with Gasteiger partial charge in [0.2, 0.25) is 0 Å². The monoisotopic (exact) mass is 413 g/mol. The molecule has 2 aromatic rings. The molecule has 0 saturated carbocycles. The van der Waals surface area contributed by atoms with Crippen molar-refractivity contribution in [1.82, 2.24) is 4.90 Å². The summed E-state index contributed by atoms with van der Waals surface area (Å²) in [5.74, 6) is 0. The lowest BCUT2D eigenvalue weighted by molar-refractivity contribution is -0.116. The third kappa shape index (κ3) is 4.91. The number of rotatable bonds is 5. The molecule has 0 amide bonds. The maximum atomic E-state index is 11.4. The van der Waals surface area contributed by atoms with Crippen molar-refractivity contribution in [2.24, 2.45) is 10.8 Å². The molecule has 31 heavy (non-hydrogen) atoms. The maximum absolute atomic E-state index is 11.4. The summed E-state index contributed by atoms with van der Waals surface area (Å²) in [7, 11) is 0. The van der Waals surface area contributed by atoms with E-state index < -0.39 is 0 Å². The molecule has 0 atom stereocenters. The van der Waals surface area contributed by atoms with Crippen molar-refractivity contribution >= 4 is 24.0 Å². The van der Waals surface area contributed by atoms with Gasteiger partial charge in [-0.1, -0.05) is 94.0 Å². The molecule has 4 rings (SSSR count). The molecule has 2 aliphatic rings. The zero-order valence-electron chi connectivity index (χ0n) is 19.4. The molecule has 2 aromatic carbocycles. The third-order valence-electron chi connectivity index (χ3n) is 6.62. The highest BCUT2D eigenvalue weighted by atomic mass is 16.1. The van der Waals surface area contributed by atoms with Crippen molar-refractivity contribution in [3.8, 4) is 0 Å². The molecule has 1 aliphatic carbocycles. The second kappa shape index (κ2) is 8.59. The van der Waals surface area contributed by atoms with Crippen molar-refractivity contribution in [1.29, 1.82) is 0 Å². The van der Waals surface area contributed by atoms with E-state index in [0.717, 1.165) is 45.2 Å². The molecule has 2 nitrogen and oxygen atoms in total. The van der Waals surface area contributed by atoms with Crippen molar-refractivity contribution in [3.63, 3.8) is 0 Å². The van der Waals surface area contributed by atoms with Gasteiger partial charge in [-0.2, -0.15) is 0 Å². The van der Waals surface area contributed by atoms with E-state index >= 15 is 0 Å². The molecular weight excluding hydrogens is 378 g/mol. The SMILES string of the molecule is CC(C)(C=O)CC(C)(C)CN1CCC(=C2c3ccccc3C=Cc3ccccc32)CC1. The molecule has 2 heteroatoms. The van der Waals surface area contributed by atoms with Crippen LogP contribution in [0.3, 0.4) is 0 Å². The van der Waals surface area contributed by atoms with E-state index in [1.165, 1.54) is 27.8 Å². The number of nitrogens with zero attached hydrogens (tertiary/aromatic N) is 1. The van der Waals surface area contributed by atoms with Crippen LogP contribution in [0.25, 0.3) is 17.7 Å². The summed E-state index contributed by atoms with van der Waals surface area (Å²) in [6, 6.07) is 17.6. The minimum absolute atomic E-state index is 0.125. The zero-order chi connectivity index (χ0) is 22.1. The summed E-state index contributed by atoms with van der Waals surface area (Å²) in [5, 5.41) is 0. The second-order valence-corrected chi connectivity index (χ2v) is 10.7. The number of likely N-dealkylation sites (tertiary alicyclic amines) is 1. The van der Waals surface area contributed by atoms with Crippen LogP contribution in [0.2, 0.25) is 0 Å². The van der Waals surface area contributed by atoms with Gasteiger partial charge < -0.3 is 9.69 Å². The van der Waals surface area contributed by atoms with Crippen LogP contribution < -0.4 is 0 Å². The Balaban J connectivity index is 1.59. The van der Waals surface area contributed by atoms with E-state index in [1.54, 1.807) is 5.57 Å². The fourth-order valence-electron chi connectivity index (χ4n) is 5.61. The highest BCUT2D eigenvalue weighted by Crippen LogP contribution is 2.39. The number of aldehydes is 1. The molecule has 0 radical (unpaired) electrons. The Morgan fingerprint density at radius 3 is 1.87 bits per heavy atom. The molecule has 0 unspecified atom stereocenters. The first-order chi connectivity index (χ1) is 14.8. The van der Waals surface area contributed by atoms with Gasteiger partial charge in [-0.25, -0.2) is 0 Å². The number of hydrogen-bond donors (Lipinski definition) is 0. The van der Waals surface area contributed by atoms with Gasteiger partial charge >= 0.3 is 0 Å². The standard InChI is InChI=1S/C29H35NO/c1-28(2,19-29(3,4)21-31)20-30-17-15-24(16-18-30)27-25-11-7-5-9-22(25)13-14-23-10-6-8-12-26(23)27/h5-14,21H,15-20H2,1-4H3. The van der Waals surface area contributed by atoms with Crippen LogP contribution in [-0.4, -0.2) is 30.8 Å². The van der Waals surface area contributed by atoms with E-state index in [4.69, 9.17) is 0 Å². The van der Waals surface area contributed by atoms with Crippen LogP contribution in [-0.2, 0) is 4.79 Å². The molecule has 1 saturated heterocycles. The first-order valence-corrected chi connectivity index (χ1v) is 11.6. The Hall–Kier alpha value is -2.45. The van der Waals surface area contributed by atoms with Crippen LogP contribution in [0.4, 0.5) is 0 Å². The first-order valence-electron chi connectivity index (χ1n) is 11.6. The lowest BCUT2D eigenvalue weighted by Crippen LogP contribution is -2.40. The summed E-state index contributed by atoms with van der Waals surface area (Å²) in [6.45, 7) is 11.9. The average Bonchev–Trinajstić information content (AvgIpc) is 2.90. The highest BCUT2D eigenvalue weighted by Gasteiger charge is 2.31. The van der Waals surface area contributed by atoms with Crippen molar-refractivity contribution in [2.45, 2.75) is 47.0 Å². The first kappa shape index (κ1) is 21.8. The van der Waals surface area contributed by atoms with E-state index in [0.29, 0.717) is 0 Å². The quantitative estimate of drug-likeness (QED) is 0.433. The van der Waals surface area contributed by atoms with Crippen molar-refractivity contribution < 1.29 is 4.79 Å². The summed E-state index contributed by atoms with van der Waals surface area (Å²) < 4.78 is 0. The van der Waals surface area contributed by atoms with Gasteiger partial charge in [-0.15, -0.1) is 0 Å². The van der Waals surface area contributed by atoms with Crippen LogP contribution in [0.5, 0.6) is 0 Å². The third-order valence-corrected chi connectivity index (χ3v) is 6.62. The number of hydrogen-bond acceptors (Lipinski definition) is 2. The van der Waals surface area contributed by atoms with Crippen LogP contribution in [0, 0.1) is 10.8 Å². The van der Waals surface area contributed by atoms with Crippen molar-refractivity contribution in [2.75, 3.05) is 19.6 Å². The molecule has 1 heterocycles. The predicted octanol–water partition coefficient (Wildman–Crippen LogP) is 6.71. The van der Waals surface area contributed by atoms with E-state index in [1.807, 2.05) is 0 Å². The summed E-state index contributed by atoms with van der Waals surface area (Å²) in [6.07, 6.45) is 8.75. The number of piperidine rings is 1. The summed E-state index contributed by atoms with van der Waals surface area (Å²) in [4.78, 5) is 14.0. The van der Waals surface area contributed by atoms with E-state index in [-0.39, 0.29) is 10.8 Å². The van der Waals surface area contributed by atoms with Gasteiger partial charge in [0.05, 0.1) is 0 Å². The van der Waals surface area contributed by atoms with Gasteiger partial charge in [0.25, 0.3) is 0 Å². The fourth-order valence-corrected chi connectivity index (χ4v) is 5.61. The minimum Gasteiger partial charge on any atom is -0.303 e. The van der Waals surface area contributed by atoms with Gasteiger partial charge in [0.15, 0.2) is 0 Å². The fraction of sp³-hybridized carbons (Fsp3) is 0.414. The van der Waals surface area contributed by atoms with Gasteiger partial charge in [-0.3, -0.25) is 0 Å².